The summed E-state index contributed by atoms with van der Waals surface area (Å²) in [5.41, 5.74) is 2.10. The highest BCUT2D eigenvalue weighted by molar-refractivity contribution is 5.90. The van der Waals surface area contributed by atoms with E-state index in [0.717, 1.165) is 12.1 Å². The molecule has 0 saturated carbocycles. The van der Waals surface area contributed by atoms with E-state index in [1.165, 1.54) is 4.90 Å². The predicted molar refractivity (Wildman–Crippen MR) is 93.7 cm³/mol. The van der Waals surface area contributed by atoms with Gasteiger partial charge in [-0.2, -0.15) is 0 Å². The van der Waals surface area contributed by atoms with E-state index in [-0.39, 0.29) is 23.9 Å². The first kappa shape index (κ1) is 19.2. The molecular weight excluding hydrogens is 342 g/mol. The van der Waals surface area contributed by atoms with Crippen molar-refractivity contribution in [3.8, 4) is 5.75 Å². The third-order valence-electron chi connectivity index (χ3n) is 4.09. The molecule has 0 aliphatic rings. The van der Waals surface area contributed by atoms with E-state index in [1.807, 2.05) is 25.2 Å². The van der Waals surface area contributed by atoms with E-state index < -0.39 is 0 Å². The Morgan fingerprint density at radius 1 is 1.16 bits per heavy atom. The van der Waals surface area contributed by atoms with Gasteiger partial charge in [-0.3, -0.25) is 4.79 Å². The SMILES string of the molecule is COc1ccc2c(=O)c3cc(C[NH+](C)CC(C)O)ccc3oc2c1.[Cl-]. The Morgan fingerprint density at radius 3 is 2.60 bits per heavy atom. The molecule has 3 rings (SSSR count). The molecule has 1 heterocycles. The number of rotatable bonds is 5. The lowest BCUT2D eigenvalue weighted by atomic mass is 10.1. The smallest absolute Gasteiger partial charge is 0.200 e. The van der Waals surface area contributed by atoms with Crippen molar-refractivity contribution < 1.29 is 31.6 Å². The molecule has 25 heavy (non-hydrogen) atoms. The zero-order valence-electron chi connectivity index (χ0n) is 14.5. The Morgan fingerprint density at radius 2 is 1.92 bits per heavy atom. The molecule has 6 heteroatoms. The van der Waals surface area contributed by atoms with Gasteiger partial charge < -0.3 is 31.6 Å². The summed E-state index contributed by atoms with van der Waals surface area (Å²) < 4.78 is 11.1. The van der Waals surface area contributed by atoms with Gasteiger partial charge in [0.1, 0.15) is 36.1 Å². The standard InChI is InChI=1S/C19H21NO4.ClH/c1-12(21)10-20(2)11-13-4-7-17-16(8-13)19(22)15-6-5-14(23-3)9-18(15)24-17;/h4-9,12,21H,10-11H2,1-3H3;1H. The summed E-state index contributed by atoms with van der Waals surface area (Å²) in [5, 5.41) is 10.6. The number of nitrogens with one attached hydrogen (secondary N) is 1. The van der Waals surface area contributed by atoms with E-state index in [4.69, 9.17) is 9.15 Å². The fourth-order valence-electron chi connectivity index (χ4n) is 3.04. The Balaban J connectivity index is 0.00000225. The second-order valence-corrected chi connectivity index (χ2v) is 6.31. The molecule has 5 nitrogen and oxygen atoms in total. The molecule has 0 amide bonds. The zero-order valence-corrected chi connectivity index (χ0v) is 15.3. The second kappa shape index (κ2) is 7.87. The minimum Gasteiger partial charge on any atom is -1.00 e. The minimum absolute atomic E-state index is 0. The number of methoxy groups -OCH3 is 1. The van der Waals surface area contributed by atoms with Crippen molar-refractivity contribution in [1.82, 2.24) is 0 Å². The van der Waals surface area contributed by atoms with Crippen LogP contribution in [0.4, 0.5) is 0 Å². The number of ether oxygens (including phenoxy) is 1. The normalized spacial score (nSPS) is 13.4. The molecule has 2 atom stereocenters. The number of benzene rings is 2. The van der Waals surface area contributed by atoms with Crippen LogP contribution in [0, 0.1) is 0 Å². The topological polar surface area (TPSA) is 64.1 Å². The van der Waals surface area contributed by atoms with Gasteiger partial charge in [-0.05, 0) is 37.3 Å². The Kier molecular flexibility index (Phi) is 6.06. The van der Waals surface area contributed by atoms with Crippen molar-refractivity contribution in [2.75, 3.05) is 20.7 Å². The van der Waals surface area contributed by atoms with Gasteiger partial charge in [0.05, 0.1) is 24.9 Å². The molecule has 0 radical (unpaired) electrons. The van der Waals surface area contributed by atoms with Gasteiger partial charge in [0, 0.05) is 11.6 Å². The molecule has 2 aromatic carbocycles. The third-order valence-corrected chi connectivity index (χ3v) is 4.09. The maximum atomic E-state index is 12.8. The fourth-order valence-corrected chi connectivity index (χ4v) is 3.04. The highest BCUT2D eigenvalue weighted by Gasteiger charge is 2.12. The summed E-state index contributed by atoms with van der Waals surface area (Å²) in [6.07, 6.45) is -0.352. The van der Waals surface area contributed by atoms with Gasteiger partial charge >= 0.3 is 0 Å². The quantitative estimate of drug-likeness (QED) is 0.533. The largest absolute Gasteiger partial charge is 1.00 e. The number of fused-ring (bicyclic) bond motifs is 2. The van der Waals surface area contributed by atoms with E-state index in [2.05, 4.69) is 0 Å². The molecule has 0 aliphatic heterocycles. The van der Waals surface area contributed by atoms with Crippen LogP contribution < -0.4 is 27.5 Å². The van der Waals surface area contributed by atoms with Gasteiger partial charge in [-0.1, -0.05) is 0 Å². The second-order valence-electron chi connectivity index (χ2n) is 6.31. The molecule has 0 saturated heterocycles. The van der Waals surface area contributed by atoms with Crippen molar-refractivity contribution in [1.29, 1.82) is 0 Å². The van der Waals surface area contributed by atoms with E-state index >= 15 is 0 Å². The number of likely N-dealkylation sites (N-methyl/N-ethyl adjacent to an activating group) is 1. The van der Waals surface area contributed by atoms with Crippen molar-refractivity contribution in [3.63, 3.8) is 0 Å². The molecule has 0 bridgehead atoms. The molecule has 1 aromatic heterocycles. The lowest BCUT2D eigenvalue weighted by Crippen LogP contribution is -3.08. The maximum absolute atomic E-state index is 12.8. The van der Waals surface area contributed by atoms with Gasteiger partial charge in [-0.15, -0.1) is 0 Å². The average Bonchev–Trinajstić information content (AvgIpc) is 2.54. The lowest BCUT2D eigenvalue weighted by molar-refractivity contribution is -0.896. The summed E-state index contributed by atoms with van der Waals surface area (Å²) >= 11 is 0. The summed E-state index contributed by atoms with van der Waals surface area (Å²) in [6, 6.07) is 10.9. The van der Waals surface area contributed by atoms with Crippen LogP contribution >= 0.6 is 0 Å². The van der Waals surface area contributed by atoms with Gasteiger partial charge in [0.15, 0.2) is 0 Å². The van der Waals surface area contributed by atoms with E-state index in [1.54, 1.807) is 32.2 Å². The third kappa shape index (κ3) is 4.12. The van der Waals surface area contributed by atoms with Crippen molar-refractivity contribution in [2.45, 2.75) is 19.6 Å². The van der Waals surface area contributed by atoms with Crippen LogP contribution in [0.5, 0.6) is 5.75 Å². The predicted octanol–water partition coefficient (Wildman–Crippen LogP) is -1.65. The van der Waals surface area contributed by atoms with Gasteiger partial charge in [0.25, 0.3) is 0 Å². The van der Waals surface area contributed by atoms with Crippen LogP contribution in [-0.4, -0.2) is 31.9 Å². The number of hydrogen-bond acceptors (Lipinski definition) is 4. The summed E-state index contributed by atoms with van der Waals surface area (Å²) in [7, 11) is 3.60. The molecule has 2 unspecified atom stereocenters. The van der Waals surface area contributed by atoms with Crippen LogP contribution in [0.1, 0.15) is 12.5 Å². The van der Waals surface area contributed by atoms with Gasteiger partial charge in [-0.25, -0.2) is 0 Å². The first-order chi connectivity index (χ1) is 11.5. The van der Waals surface area contributed by atoms with Crippen molar-refractivity contribution in [2.24, 2.45) is 0 Å². The van der Waals surface area contributed by atoms with Crippen LogP contribution in [-0.2, 0) is 6.54 Å². The van der Waals surface area contributed by atoms with Crippen LogP contribution in [0.2, 0.25) is 0 Å². The Bertz CT molecular complexity index is 936. The average molecular weight is 364 g/mol. The summed E-state index contributed by atoms with van der Waals surface area (Å²) in [4.78, 5) is 13.9. The minimum atomic E-state index is -0.352. The number of hydrogen-bond donors (Lipinski definition) is 2. The number of aliphatic hydroxyl groups is 1. The molecule has 3 aromatic rings. The molecule has 134 valence electrons. The molecule has 0 spiro atoms. The monoisotopic (exact) mass is 363 g/mol. The van der Waals surface area contributed by atoms with Crippen LogP contribution in [0.25, 0.3) is 21.9 Å². The molecule has 2 N–H and O–H groups in total. The first-order valence-electron chi connectivity index (χ1n) is 8.01. The Hall–Kier alpha value is -2.08. The number of halogens is 1. The van der Waals surface area contributed by atoms with Crippen LogP contribution in [0.3, 0.4) is 0 Å². The maximum Gasteiger partial charge on any atom is 0.200 e. The van der Waals surface area contributed by atoms with Crippen molar-refractivity contribution >= 4 is 21.9 Å². The first-order valence-corrected chi connectivity index (χ1v) is 8.01. The fraction of sp³-hybridized carbons (Fsp3) is 0.316. The molecule has 0 aliphatic carbocycles. The highest BCUT2D eigenvalue weighted by atomic mass is 35.5. The molecule has 0 fully saturated rings. The highest BCUT2D eigenvalue weighted by Crippen LogP contribution is 2.23. The Labute approximate surface area is 152 Å². The lowest BCUT2D eigenvalue weighted by Gasteiger charge is -2.15. The van der Waals surface area contributed by atoms with Gasteiger partial charge in [0.2, 0.25) is 5.43 Å². The van der Waals surface area contributed by atoms with Crippen LogP contribution in [0.15, 0.2) is 45.6 Å². The van der Waals surface area contributed by atoms with E-state index in [9.17, 15) is 9.90 Å². The number of aliphatic hydroxyl groups excluding tert-OH is 1. The summed E-state index contributed by atoms with van der Waals surface area (Å²) in [6.45, 7) is 3.17. The summed E-state index contributed by atoms with van der Waals surface area (Å²) in [5.74, 6) is 0.657. The van der Waals surface area contributed by atoms with E-state index in [0.29, 0.717) is 34.2 Å². The molecular formula is C19H22ClNO4. The number of quaternary nitrogens is 1. The zero-order chi connectivity index (χ0) is 17.3. The van der Waals surface area contributed by atoms with Crippen molar-refractivity contribution in [3.05, 3.63) is 52.2 Å².